The van der Waals surface area contributed by atoms with Gasteiger partial charge in [-0.3, -0.25) is 9.59 Å². The molecule has 0 aliphatic rings. The van der Waals surface area contributed by atoms with Crippen molar-refractivity contribution in [2.45, 2.75) is 51.7 Å². The van der Waals surface area contributed by atoms with E-state index in [9.17, 15) is 14.0 Å². The third kappa shape index (κ3) is 7.56. The van der Waals surface area contributed by atoms with Gasteiger partial charge in [0.2, 0.25) is 11.8 Å². The molecule has 3 rings (SSSR count). The highest BCUT2D eigenvalue weighted by Crippen LogP contribution is 2.23. The standard InChI is InChI=1S/C29H32ClFN2O3/c1-29(2,3)32-28(35)26(17-20-10-6-5-7-11-20)33(19-21-12-8-13-22(16-21)36-4)27(34)18-23-24(30)14-9-15-25(23)31/h5-16,26H,17-19H2,1-4H3,(H,32,35). The predicted molar refractivity (Wildman–Crippen MR) is 140 cm³/mol. The Morgan fingerprint density at radius 1 is 1.00 bits per heavy atom. The van der Waals surface area contributed by atoms with Gasteiger partial charge in [-0.1, -0.05) is 60.1 Å². The zero-order chi connectivity index (χ0) is 26.3. The number of hydrogen-bond acceptors (Lipinski definition) is 3. The lowest BCUT2D eigenvalue weighted by Crippen LogP contribution is -2.54. The van der Waals surface area contributed by atoms with Crippen LogP contribution < -0.4 is 10.1 Å². The van der Waals surface area contributed by atoms with Crippen molar-refractivity contribution in [1.82, 2.24) is 10.2 Å². The SMILES string of the molecule is COc1cccc(CN(C(=O)Cc2c(F)cccc2Cl)C(Cc2ccccc2)C(=O)NC(C)(C)C)c1. The first-order valence-corrected chi connectivity index (χ1v) is 12.2. The summed E-state index contributed by atoms with van der Waals surface area (Å²) in [5.41, 5.74) is 1.28. The first-order chi connectivity index (χ1) is 17.1. The molecular formula is C29H32ClFN2O3. The maximum Gasteiger partial charge on any atom is 0.243 e. The van der Waals surface area contributed by atoms with Gasteiger partial charge < -0.3 is 15.0 Å². The molecule has 0 heterocycles. The molecule has 1 N–H and O–H groups in total. The second kappa shape index (κ2) is 12.0. The summed E-state index contributed by atoms with van der Waals surface area (Å²) in [5, 5.41) is 3.18. The zero-order valence-corrected chi connectivity index (χ0v) is 21.8. The maximum atomic E-state index is 14.6. The van der Waals surface area contributed by atoms with E-state index in [-0.39, 0.29) is 29.5 Å². The van der Waals surface area contributed by atoms with Crippen LogP contribution in [0.3, 0.4) is 0 Å². The van der Waals surface area contributed by atoms with E-state index >= 15 is 0 Å². The van der Waals surface area contributed by atoms with Crippen molar-refractivity contribution in [2.24, 2.45) is 0 Å². The summed E-state index contributed by atoms with van der Waals surface area (Å²) in [5.74, 6) is -0.622. The van der Waals surface area contributed by atoms with Crippen LogP contribution in [0.2, 0.25) is 5.02 Å². The minimum absolute atomic E-state index is 0.106. The molecule has 7 heteroatoms. The summed E-state index contributed by atoms with van der Waals surface area (Å²) < 4.78 is 19.9. The van der Waals surface area contributed by atoms with E-state index in [0.29, 0.717) is 12.2 Å². The number of amides is 2. The lowest BCUT2D eigenvalue weighted by molar-refractivity contribution is -0.141. The number of carbonyl (C=O) groups is 2. The number of nitrogens with one attached hydrogen (secondary N) is 1. The normalized spacial score (nSPS) is 12.1. The molecule has 0 spiro atoms. The Balaban J connectivity index is 2.04. The van der Waals surface area contributed by atoms with E-state index in [1.807, 2.05) is 75.4 Å². The smallest absolute Gasteiger partial charge is 0.243 e. The van der Waals surface area contributed by atoms with Gasteiger partial charge in [0.25, 0.3) is 0 Å². The summed E-state index contributed by atoms with van der Waals surface area (Å²) in [6, 6.07) is 20.3. The average molecular weight is 511 g/mol. The molecule has 0 bridgehead atoms. The number of halogens is 2. The molecule has 3 aromatic carbocycles. The number of nitrogens with zero attached hydrogens (tertiary/aromatic N) is 1. The molecule has 0 saturated carbocycles. The van der Waals surface area contributed by atoms with Gasteiger partial charge in [0, 0.05) is 29.1 Å². The molecular weight excluding hydrogens is 479 g/mol. The van der Waals surface area contributed by atoms with Crippen molar-refractivity contribution in [3.8, 4) is 5.75 Å². The number of benzene rings is 3. The lowest BCUT2D eigenvalue weighted by atomic mass is 9.99. The third-order valence-corrected chi connectivity index (χ3v) is 6.00. The van der Waals surface area contributed by atoms with Gasteiger partial charge in [0.1, 0.15) is 17.6 Å². The summed E-state index contributed by atoms with van der Waals surface area (Å²) in [4.78, 5) is 28.9. The van der Waals surface area contributed by atoms with Crippen LogP contribution in [0, 0.1) is 5.82 Å². The summed E-state index contributed by atoms with van der Waals surface area (Å²) >= 11 is 6.23. The van der Waals surface area contributed by atoms with Crippen LogP contribution in [0.25, 0.3) is 0 Å². The fraction of sp³-hybridized carbons (Fsp3) is 0.310. The van der Waals surface area contributed by atoms with Crippen LogP contribution in [-0.2, 0) is 29.0 Å². The quantitative estimate of drug-likeness (QED) is 0.408. The Morgan fingerprint density at radius 3 is 2.31 bits per heavy atom. The molecule has 5 nitrogen and oxygen atoms in total. The van der Waals surface area contributed by atoms with Crippen LogP contribution in [0.5, 0.6) is 5.75 Å². The third-order valence-electron chi connectivity index (χ3n) is 5.65. The minimum Gasteiger partial charge on any atom is -0.497 e. The van der Waals surface area contributed by atoms with Crippen molar-refractivity contribution < 1.29 is 18.7 Å². The zero-order valence-electron chi connectivity index (χ0n) is 21.1. The average Bonchev–Trinajstić information content (AvgIpc) is 2.83. The first kappa shape index (κ1) is 27.2. The molecule has 0 saturated heterocycles. The molecule has 2 amide bonds. The van der Waals surface area contributed by atoms with Crippen molar-refractivity contribution in [3.63, 3.8) is 0 Å². The van der Waals surface area contributed by atoms with Crippen LogP contribution in [0.1, 0.15) is 37.5 Å². The topological polar surface area (TPSA) is 58.6 Å². The van der Waals surface area contributed by atoms with Gasteiger partial charge in [0.15, 0.2) is 0 Å². The highest BCUT2D eigenvalue weighted by molar-refractivity contribution is 6.31. The predicted octanol–water partition coefficient (Wildman–Crippen LogP) is 5.59. The first-order valence-electron chi connectivity index (χ1n) is 11.8. The van der Waals surface area contributed by atoms with E-state index in [1.54, 1.807) is 13.2 Å². The fourth-order valence-electron chi connectivity index (χ4n) is 3.93. The highest BCUT2D eigenvalue weighted by atomic mass is 35.5. The van der Waals surface area contributed by atoms with E-state index in [2.05, 4.69) is 5.32 Å². The fourth-order valence-corrected chi connectivity index (χ4v) is 4.16. The van der Waals surface area contributed by atoms with Gasteiger partial charge in [-0.25, -0.2) is 4.39 Å². The van der Waals surface area contributed by atoms with Gasteiger partial charge in [-0.15, -0.1) is 0 Å². The summed E-state index contributed by atoms with van der Waals surface area (Å²) in [6.45, 7) is 5.80. The monoisotopic (exact) mass is 510 g/mol. The molecule has 1 unspecified atom stereocenters. The molecule has 0 fully saturated rings. The van der Waals surface area contributed by atoms with E-state index in [1.165, 1.54) is 17.0 Å². The number of carbonyl (C=O) groups excluding carboxylic acids is 2. The maximum absolute atomic E-state index is 14.6. The molecule has 0 aliphatic carbocycles. The van der Waals surface area contributed by atoms with Gasteiger partial charge in [0.05, 0.1) is 13.5 Å². The molecule has 1 atom stereocenters. The Hall–Kier alpha value is -3.38. The Labute approximate surface area is 217 Å². The molecule has 0 aliphatic heterocycles. The number of hydrogen-bond donors (Lipinski definition) is 1. The van der Waals surface area contributed by atoms with E-state index in [4.69, 9.17) is 16.3 Å². The van der Waals surface area contributed by atoms with Crippen molar-refractivity contribution in [2.75, 3.05) is 7.11 Å². The van der Waals surface area contributed by atoms with Crippen LogP contribution in [0.4, 0.5) is 4.39 Å². The van der Waals surface area contributed by atoms with Crippen LogP contribution in [-0.4, -0.2) is 35.4 Å². The molecule has 0 radical (unpaired) electrons. The molecule has 190 valence electrons. The molecule has 0 aromatic heterocycles. The summed E-state index contributed by atoms with van der Waals surface area (Å²) in [7, 11) is 1.57. The number of methoxy groups -OCH3 is 1. The molecule has 3 aromatic rings. The number of ether oxygens (including phenoxy) is 1. The Bertz CT molecular complexity index is 1170. The highest BCUT2D eigenvalue weighted by Gasteiger charge is 2.33. The van der Waals surface area contributed by atoms with Crippen LogP contribution >= 0.6 is 11.6 Å². The summed E-state index contributed by atoms with van der Waals surface area (Å²) in [6.07, 6.45) is 0.0209. The van der Waals surface area contributed by atoms with Gasteiger partial charge >= 0.3 is 0 Å². The van der Waals surface area contributed by atoms with Crippen molar-refractivity contribution in [3.05, 3.63) is 100 Å². The van der Waals surface area contributed by atoms with E-state index < -0.39 is 23.3 Å². The van der Waals surface area contributed by atoms with Gasteiger partial charge in [-0.05, 0) is 56.2 Å². The second-order valence-electron chi connectivity index (χ2n) is 9.69. The number of rotatable bonds is 9. The lowest BCUT2D eigenvalue weighted by Gasteiger charge is -2.34. The van der Waals surface area contributed by atoms with Crippen molar-refractivity contribution in [1.29, 1.82) is 0 Å². The second-order valence-corrected chi connectivity index (χ2v) is 10.1. The Kier molecular flexibility index (Phi) is 9.10. The largest absolute Gasteiger partial charge is 0.497 e. The van der Waals surface area contributed by atoms with Crippen molar-refractivity contribution >= 4 is 23.4 Å². The molecule has 36 heavy (non-hydrogen) atoms. The Morgan fingerprint density at radius 2 is 1.67 bits per heavy atom. The van der Waals surface area contributed by atoms with Gasteiger partial charge in [-0.2, -0.15) is 0 Å². The van der Waals surface area contributed by atoms with E-state index in [0.717, 1.165) is 11.1 Å². The minimum atomic E-state index is -0.837. The van der Waals surface area contributed by atoms with Crippen LogP contribution in [0.15, 0.2) is 72.8 Å².